The molecule has 5 nitrogen and oxygen atoms in total. The normalized spacial score (nSPS) is 11.3. The SMILES string of the molecule is COc1ccc(CNS(=O)(=O)c2cc(F)ccc2C)cc1OC. The molecule has 0 amide bonds. The van der Waals surface area contributed by atoms with Crippen LogP contribution < -0.4 is 14.2 Å². The summed E-state index contributed by atoms with van der Waals surface area (Å²) in [5, 5.41) is 0. The minimum absolute atomic E-state index is 0.0542. The minimum atomic E-state index is -3.81. The molecule has 0 radical (unpaired) electrons. The third kappa shape index (κ3) is 4.00. The van der Waals surface area contributed by atoms with Gasteiger partial charge in [0.05, 0.1) is 19.1 Å². The standard InChI is InChI=1S/C16H18FNO4S/c1-11-4-6-13(17)9-16(11)23(19,20)18-10-12-5-7-14(21-2)15(8-12)22-3/h4-9,18H,10H2,1-3H3. The molecular weight excluding hydrogens is 321 g/mol. The fraction of sp³-hybridized carbons (Fsp3) is 0.250. The summed E-state index contributed by atoms with van der Waals surface area (Å²) in [7, 11) is -0.786. The molecule has 2 aromatic rings. The van der Waals surface area contributed by atoms with Crippen LogP contribution in [-0.2, 0) is 16.6 Å². The van der Waals surface area contributed by atoms with Crippen molar-refractivity contribution in [2.24, 2.45) is 0 Å². The fourth-order valence-corrected chi connectivity index (χ4v) is 3.38. The van der Waals surface area contributed by atoms with Gasteiger partial charge in [-0.3, -0.25) is 0 Å². The molecule has 0 heterocycles. The van der Waals surface area contributed by atoms with Gasteiger partial charge in [-0.15, -0.1) is 0 Å². The van der Waals surface area contributed by atoms with Crippen molar-refractivity contribution in [1.29, 1.82) is 0 Å². The maximum atomic E-state index is 13.3. The summed E-state index contributed by atoms with van der Waals surface area (Å²) in [5.41, 5.74) is 1.17. The highest BCUT2D eigenvalue weighted by atomic mass is 32.2. The van der Waals surface area contributed by atoms with Crippen molar-refractivity contribution in [3.63, 3.8) is 0 Å². The van der Waals surface area contributed by atoms with E-state index in [1.54, 1.807) is 25.1 Å². The third-order valence-corrected chi connectivity index (χ3v) is 4.90. The van der Waals surface area contributed by atoms with Gasteiger partial charge in [0.2, 0.25) is 10.0 Å². The molecular formula is C16H18FNO4S. The molecule has 0 saturated carbocycles. The third-order valence-electron chi connectivity index (χ3n) is 3.35. The van der Waals surface area contributed by atoms with E-state index < -0.39 is 15.8 Å². The first-order chi connectivity index (χ1) is 10.9. The van der Waals surface area contributed by atoms with E-state index in [-0.39, 0.29) is 11.4 Å². The lowest BCUT2D eigenvalue weighted by atomic mass is 10.2. The van der Waals surface area contributed by atoms with Crippen molar-refractivity contribution >= 4 is 10.0 Å². The number of sulfonamides is 1. The van der Waals surface area contributed by atoms with E-state index in [0.29, 0.717) is 22.6 Å². The topological polar surface area (TPSA) is 64.6 Å². The van der Waals surface area contributed by atoms with Crippen LogP contribution in [0.2, 0.25) is 0 Å². The van der Waals surface area contributed by atoms with Crippen LogP contribution in [0.15, 0.2) is 41.3 Å². The van der Waals surface area contributed by atoms with Crippen LogP contribution >= 0.6 is 0 Å². The van der Waals surface area contributed by atoms with Crippen LogP contribution in [0.25, 0.3) is 0 Å². The number of benzene rings is 2. The van der Waals surface area contributed by atoms with Gasteiger partial charge in [0, 0.05) is 6.54 Å². The Morgan fingerprint density at radius 1 is 1.04 bits per heavy atom. The van der Waals surface area contributed by atoms with E-state index in [2.05, 4.69) is 4.72 Å². The first-order valence-corrected chi connectivity index (χ1v) is 8.32. The van der Waals surface area contributed by atoms with E-state index in [4.69, 9.17) is 9.47 Å². The van der Waals surface area contributed by atoms with Crippen molar-refractivity contribution in [3.05, 3.63) is 53.3 Å². The molecule has 2 aromatic carbocycles. The lowest BCUT2D eigenvalue weighted by Gasteiger charge is -2.12. The summed E-state index contributed by atoms with van der Waals surface area (Å²) in [5.74, 6) is 0.466. The molecule has 7 heteroatoms. The van der Waals surface area contributed by atoms with E-state index in [9.17, 15) is 12.8 Å². The van der Waals surface area contributed by atoms with Gasteiger partial charge in [-0.25, -0.2) is 17.5 Å². The highest BCUT2D eigenvalue weighted by Crippen LogP contribution is 2.27. The molecule has 0 aliphatic carbocycles. The highest BCUT2D eigenvalue weighted by molar-refractivity contribution is 7.89. The summed E-state index contributed by atoms with van der Waals surface area (Å²) in [6.45, 7) is 1.67. The van der Waals surface area contributed by atoms with Crippen molar-refractivity contribution in [2.75, 3.05) is 14.2 Å². The number of methoxy groups -OCH3 is 2. The zero-order chi connectivity index (χ0) is 17.0. The molecule has 23 heavy (non-hydrogen) atoms. The van der Waals surface area contributed by atoms with Gasteiger partial charge in [0.1, 0.15) is 5.82 Å². The molecule has 0 aromatic heterocycles. The lowest BCUT2D eigenvalue weighted by Crippen LogP contribution is -2.24. The maximum absolute atomic E-state index is 13.3. The van der Waals surface area contributed by atoms with Crippen LogP contribution in [-0.4, -0.2) is 22.6 Å². The molecule has 1 N–H and O–H groups in total. The molecule has 124 valence electrons. The molecule has 0 aliphatic rings. The van der Waals surface area contributed by atoms with Gasteiger partial charge in [0.15, 0.2) is 11.5 Å². The van der Waals surface area contributed by atoms with Crippen molar-refractivity contribution in [1.82, 2.24) is 4.72 Å². The molecule has 2 rings (SSSR count). The second kappa shape index (κ2) is 6.97. The summed E-state index contributed by atoms with van der Waals surface area (Å²) in [6, 6.07) is 8.76. The van der Waals surface area contributed by atoms with Gasteiger partial charge in [-0.05, 0) is 42.3 Å². The zero-order valence-electron chi connectivity index (χ0n) is 13.1. The summed E-state index contributed by atoms with van der Waals surface area (Å²) >= 11 is 0. The average Bonchev–Trinajstić information content (AvgIpc) is 2.54. The molecule has 0 bridgehead atoms. The van der Waals surface area contributed by atoms with Gasteiger partial charge >= 0.3 is 0 Å². The monoisotopic (exact) mass is 339 g/mol. The predicted octanol–water partition coefficient (Wildman–Crippen LogP) is 2.63. The number of nitrogens with one attached hydrogen (secondary N) is 1. The average molecular weight is 339 g/mol. The fourth-order valence-electron chi connectivity index (χ4n) is 2.11. The van der Waals surface area contributed by atoms with Gasteiger partial charge in [-0.2, -0.15) is 0 Å². The number of aryl methyl sites for hydroxylation is 1. The largest absolute Gasteiger partial charge is 0.493 e. The van der Waals surface area contributed by atoms with Gasteiger partial charge in [-0.1, -0.05) is 12.1 Å². The number of halogens is 1. The van der Waals surface area contributed by atoms with Crippen LogP contribution in [0.1, 0.15) is 11.1 Å². The van der Waals surface area contributed by atoms with Gasteiger partial charge in [0.25, 0.3) is 0 Å². The summed E-state index contributed by atoms with van der Waals surface area (Å²) in [4.78, 5) is -0.0713. The van der Waals surface area contributed by atoms with Crippen molar-refractivity contribution < 1.29 is 22.3 Å². The Labute approximate surface area is 135 Å². The number of ether oxygens (including phenoxy) is 2. The quantitative estimate of drug-likeness (QED) is 0.879. The second-order valence-corrected chi connectivity index (χ2v) is 6.66. The second-order valence-electron chi connectivity index (χ2n) is 4.92. The maximum Gasteiger partial charge on any atom is 0.241 e. The predicted molar refractivity (Wildman–Crippen MR) is 84.7 cm³/mol. The van der Waals surface area contributed by atoms with E-state index >= 15 is 0 Å². The first kappa shape index (κ1) is 17.2. The zero-order valence-corrected chi connectivity index (χ0v) is 13.9. The minimum Gasteiger partial charge on any atom is -0.493 e. The molecule has 0 atom stereocenters. The number of hydrogen-bond acceptors (Lipinski definition) is 4. The lowest BCUT2D eigenvalue weighted by molar-refractivity contribution is 0.354. The van der Waals surface area contributed by atoms with Crippen LogP contribution in [0.4, 0.5) is 4.39 Å². The molecule has 0 saturated heterocycles. The van der Waals surface area contributed by atoms with E-state index in [0.717, 1.165) is 6.07 Å². The summed E-state index contributed by atoms with van der Waals surface area (Å²) < 4.78 is 50.7. The van der Waals surface area contributed by atoms with Crippen molar-refractivity contribution in [3.8, 4) is 11.5 Å². The van der Waals surface area contributed by atoms with Crippen LogP contribution in [0.3, 0.4) is 0 Å². The van der Waals surface area contributed by atoms with Crippen molar-refractivity contribution in [2.45, 2.75) is 18.4 Å². The molecule has 0 fully saturated rings. The van der Waals surface area contributed by atoms with Crippen LogP contribution in [0.5, 0.6) is 11.5 Å². The Kier molecular flexibility index (Phi) is 5.23. The van der Waals surface area contributed by atoms with Gasteiger partial charge < -0.3 is 9.47 Å². The molecule has 0 aliphatic heterocycles. The number of hydrogen-bond donors (Lipinski definition) is 1. The Balaban J connectivity index is 2.21. The molecule has 0 unspecified atom stereocenters. The Morgan fingerprint density at radius 3 is 2.39 bits per heavy atom. The van der Waals surface area contributed by atoms with E-state index in [1.807, 2.05) is 0 Å². The smallest absolute Gasteiger partial charge is 0.241 e. The number of rotatable bonds is 6. The van der Waals surface area contributed by atoms with Crippen LogP contribution in [0, 0.1) is 12.7 Å². The Morgan fingerprint density at radius 2 is 1.74 bits per heavy atom. The molecule has 0 spiro atoms. The summed E-state index contributed by atoms with van der Waals surface area (Å²) in [6.07, 6.45) is 0. The first-order valence-electron chi connectivity index (χ1n) is 6.84. The highest BCUT2D eigenvalue weighted by Gasteiger charge is 2.17. The Hall–Kier alpha value is -2.12. The Bertz CT molecular complexity index is 806. The van der Waals surface area contributed by atoms with E-state index in [1.165, 1.54) is 26.4 Å².